The summed E-state index contributed by atoms with van der Waals surface area (Å²) in [5.74, 6) is 1.84. The fourth-order valence-electron chi connectivity index (χ4n) is 4.72. The molecule has 0 N–H and O–H groups in total. The lowest BCUT2D eigenvalue weighted by atomic mass is 10.0. The van der Waals surface area contributed by atoms with E-state index in [1.165, 1.54) is 5.56 Å². The van der Waals surface area contributed by atoms with Crippen LogP contribution in [0.25, 0.3) is 0 Å². The summed E-state index contributed by atoms with van der Waals surface area (Å²) < 4.78 is 0. The molecule has 1 aromatic carbocycles. The van der Waals surface area contributed by atoms with Crippen molar-refractivity contribution in [1.29, 1.82) is 0 Å². The Morgan fingerprint density at radius 3 is 2.68 bits per heavy atom. The minimum atomic E-state index is -0.0738. The number of nitrogens with zero attached hydrogens (tertiary/aromatic N) is 5. The van der Waals surface area contributed by atoms with Crippen molar-refractivity contribution >= 4 is 11.7 Å². The van der Waals surface area contributed by atoms with Gasteiger partial charge in [0.05, 0.1) is 18.3 Å². The zero-order valence-electron chi connectivity index (χ0n) is 17.9. The van der Waals surface area contributed by atoms with E-state index in [0.717, 1.165) is 73.9 Å². The molecule has 31 heavy (non-hydrogen) atoms. The summed E-state index contributed by atoms with van der Waals surface area (Å²) in [4.78, 5) is 31.9. The van der Waals surface area contributed by atoms with E-state index in [9.17, 15) is 4.79 Å². The van der Waals surface area contributed by atoms with Gasteiger partial charge in [-0.15, -0.1) is 0 Å². The molecular formula is C25H27N5O. The molecule has 0 spiro atoms. The number of likely N-dealkylation sites (tertiary alicyclic amines) is 1. The Morgan fingerprint density at radius 2 is 1.87 bits per heavy atom. The van der Waals surface area contributed by atoms with Crippen LogP contribution in [-0.4, -0.2) is 38.8 Å². The Labute approximate surface area is 183 Å². The third kappa shape index (κ3) is 3.90. The zero-order chi connectivity index (χ0) is 21.2. The number of carbonyl (C=O) groups excluding carboxylic acids is 1. The summed E-state index contributed by atoms with van der Waals surface area (Å²) in [6, 6.07) is 15.5. The predicted octanol–water partition coefficient (Wildman–Crippen LogP) is 4.11. The molecule has 6 nitrogen and oxygen atoms in total. The molecule has 2 aliphatic rings. The summed E-state index contributed by atoms with van der Waals surface area (Å²) in [5, 5.41) is 0. The number of fused-ring (bicyclic) bond motifs is 1. The molecule has 3 aromatic rings. The standard InChI is InChI=1S/C25H27N5O/c1-18-21-12-7-15-29(17-20-11-5-6-14-26-20)24(21)28-23(27-18)22-13-8-16-30(22)25(31)19-9-3-2-4-10-19/h2-6,9-11,14,22H,7-8,12-13,15-17H2,1H3. The highest BCUT2D eigenvalue weighted by molar-refractivity contribution is 5.94. The van der Waals surface area contributed by atoms with Crippen LogP contribution in [0.15, 0.2) is 54.7 Å². The molecule has 2 aliphatic heterocycles. The molecule has 4 heterocycles. The number of amides is 1. The van der Waals surface area contributed by atoms with E-state index in [1.54, 1.807) is 0 Å². The monoisotopic (exact) mass is 413 g/mol. The largest absolute Gasteiger partial charge is 0.350 e. The lowest BCUT2D eigenvalue weighted by molar-refractivity contribution is 0.0729. The molecule has 0 aliphatic carbocycles. The smallest absolute Gasteiger partial charge is 0.254 e. The summed E-state index contributed by atoms with van der Waals surface area (Å²) in [6.07, 6.45) is 5.79. The predicted molar refractivity (Wildman–Crippen MR) is 120 cm³/mol. The Bertz CT molecular complexity index is 1070. The molecule has 0 saturated carbocycles. The molecule has 1 atom stereocenters. The average Bonchev–Trinajstić information content (AvgIpc) is 3.30. The molecule has 1 unspecified atom stereocenters. The highest BCUT2D eigenvalue weighted by atomic mass is 16.2. The molecule has 0 radical (unpaired) electrons. The van der Waals surface area contributed by atoms with Gasteiger partial charge in [0.15, 0.2) is 5.82 Å². The number of aromatic nitrogens is 3. The van der Waals surface area contributed by atoms with E-state index >= 15 is 0 Å². The van der Waals surface area contributed by atoms with Crippen molar-refractivity contribution in [3.63, 3.8) is 0 Å². The molecule has 5 rings (SSSR count). The van der Waals surface area contributed by atoms with Gasteiger partial charge in [-0.25, -0.2) is 9.97 Å². The highest BCUT2D eigenvalue weighted by Gasteiger charge is 2.34. The fraction of sp³-hybridized carbons (Fsp3) is 0.360. The van der Waals surface area contributed by atoms with Crippen molar-refractivity contribution in [1.82, 2.24) is 19.9 Å². The quantitative estimate of drug-likeness (QED) is 0.644. The van der Waals surface area contributed by atoms with Gasteiger partial charge in [0, 0.05) is 36.1 Å². The number of anilines is 1. The minimum Gasteiger partial charge on any atom is -0.350 e. The van der Waals surface area contributed by atoms with Crippen molar-refractivity contribution in [2.45, 2.75) is 45.2 Å². The lowest BCUT2D eigenvalue weighted by Gasteiger charge is -2.32. The SMILES string of the molecule is Cc1nc(C2CCCN2C(=O)c2ccccc2)nc2c1CCCN2Cc1ccccn1. The van der Waals surface area contributed by atoms with Crippen molar-refractivity contribution < 1.29 is 4.79 Å². The van der Waals surface area contributed by atoms with Crippen LogP contribution in [0.5, 0.6) is 0 Å². The van der Waals surface area contributed by atoms with E-state index in [2.05, 4.69) is 22.9 Å². The summed E-state index contributed by atoms with van der Waals surface area (Å²) in [7, 11) is 0. The molecule has 1 fully saturated rings. The van der Waals surface area contributed by atoms with Crippen LogP contribution in [0.1, 0.15) is 58.4 Å². The van der Waals surface area contributed by atoms with Gasteiger partial charge in [-0.1, -0.05) is 24.3 Å². The fourth-order valence-corrected chi connectivity index (χ4v) is 4.72. The first-order valence-electron chi connectivity index (χ1n) is 11.1. The first-order valence-corrected chi connectivity index (χ1v) is 11.1. The van der Waals surface area contributed by atoms with Crippen LogP contribution in [-0.2, 0) is 13.0 Å². The summed E-state index contributed by atoms with van der Waals surface area (Å²) in [5.41, 5.74) is 4.02. The number of pyridine rings is 1. The van der Waals surface area contributed by atoms with Crippen molar-refractivity contribution in [2.24, 2.45) is 0 Å². The second-order valence-electron chi connectivity index (χ2n) is 8.34. The normalized spacial score (nSPS) is 18.2. The van der Waals surface area contributed by atoms with E-state index in [4.69, 9.17) is 9.97 Å². The van der Waals surface area contributed by atoms with Crippen LogP contribution in [0.4, 0.5) is 5.82 Å². The van der Waals surface area contributed by atoms with E-state index < -0.39 is 0 Å². The van der Waals surface area contributed by atoms with Crippen LogP contribution < -0.4 is 4.90 Å². The molecule has 1 saturated heterocycles. The molecule has 6 heteroatoms. The second kappa shape index (κ2) is 8.46. The van der Waals surface area contributed by atoms with Crippen molar-refractivity contribution in [3.05, 3.63) is 83.1 Å². The van der Waals surface area contributed by atoms with Crippen LogP contribution in [0.3, 0.4) is 0 Å². The second-order valence-corrected chi connectivity index (χ2v) is 8.34. The summed E-state index contributed by atoms with van der Waals surface area (Å²) in [6.45, 7) is 4.51. The maximum Gasteiger partial charge on any atom is 0.254 e. The van der Waals surface area contributed by atoms with Crippen molar-refractivity contribution in [2.75, 3.05) is 18.0 Å². The number of carbonyl (C=O) groups is 1. The van der Waals surface area contributed by atoms with Crippen LogP contribution in [0.2, 0.25) is 0 Å². The molecule has 1 amide bonds. The molecule has 2 aromatic heterocycles. The first kappa shape index (κ1) is 19.7. The molecule has 0 bridgehead atoms. The van der Waals surface area contributed by atoms with Gasteiger partial charge in [0.1, 0.15) is 5.82 Å². The maximum absolute atomic E-state index is 13.2. The van der Waals surface area contributed by atoms with E-state index in [0.29, 0.717) is 0 Å². The average molecular weight is 414 g/mol. The topological polar surface area (TPSA) is 62.2 Å². The van der Waals surface area contributed by atoms with E-state index in [-0.39, 0.29) is 11.9 Å². The Balaban J connectivity index is 1.47. The summed E-state index contributed by atoms with van der Waals surface area (Å²) >= 11 is 0. The number of aryl methyl sites for hydroxylation is 1. The number of hydrogen-bond donors (Lipinski definition) is 0. The third-order valence-electron chi connectivity index (χ3n) is 6.28. The first-order chi connectivity index (χ1) is 15.2. The Kier molecular flexibility index (Phi) is 5.37. The van der Waals surface area contributed by atoms with Crippen molar-refractivity contribution in [3.8, 4) is 0 Å². The number of hydrogen-bond acceptors (Lipinski definition) is 5. The third-order valence-corrected chi connectivity index (χ3v) is 6.28. The molecular weight excluding hydrogens is 386 g/mol. The number of rotatable bonds is 4. The maximum atomic E-state index is 13.2. The van der Waals surface area contributed by atoms with E-state index in [1.807, 2.05) is 53.6 Å². The van der Waals surface area contributed by atoms with Gasteiger partial charge < -0.3 is 9.80 Å². The number of benzene rings is 1. The van der Waals surface area contributed by atoms with Gasteiger partial charge in [-0.2, -0.15) is 0 Å². The Hall–Kier alpha value is -3.28. The Morgan fingerprint density at radius 1 is 1.03 bits per heavy atom. The van der Waals surface area contributed by atoms with Crippen LogP contribution >= 0.6 is 0 Å². The van der Waals surface area contributed by atoms with Gasteiger partial charge in [0.25, 0.3) is 5.91 Å². The minimum absolute atomic E-state index is 0.0624. The van der Waals surface area contributed by atoms with Crippen LogP contribution in [0, 0.1) is 6.92 Å². The molecule has 158 valence electrons. The van der Waals surface area contributed by atoms with Gasteiger partial charge in [-0.3, -0.25) is 9.78 Å². The van der Waals surface area contributed by atoms with Gasteiger partial charge in [-0.05, 0) is 56.9 Å². The highest BCUT2D eigenvalue weighted by Crippen LogP contribution is 2.35. The van der Waals surface area contributed by atoms with Gasteiger partial charge >= 0.3 is 0 Å². The van der Waals surface area contributed by atoms with Gasteiger partial charge in [0.2, 0.25) is 0 Å². The lowest BCUT2D eigenvalue weighted by Crippen LogP contribution is -2.34. The zero-order valence-corrected chi connectivity index (χ0v) is 17.9.